The van der Waals surface area contributed by atoms with Crippen LogP contribution < -0.4 is 5.32 Å². The molecule has 0 spiro atoms. The summed E-state index contributed by atoms with van der Waals surface area (Å²) in [5, 5.41) is 12.4. The lowest BCUT2D eigenvalue weighted by Crippen LogP contribution is -2.45. The number of carbonyl (C=O) groups excluding carboxylic acids is 1. The van der Waals surface area contributed by atoms with Crippen LogP contribution in [0.15, 0.2) is 4.99 Å². The predicted molar refractivity (Wildman–Crippen MR) is 98.6 cm³/mol. The van der Waals surface area contributed by atoms with Crippen LogP contribution in [0.3, 0.4) is 0 Å². The number of guanidine groups is 1. The summed E-state index contributed by atoms with van der Waals surface area (Å²) < 4.78 is 5.79. The number of hydrogen-bond acceptors (Lipinski definition) is 4. The molecule has 0 bridgehead atoms. The molecular formula is C18H34N4O3. The van der Waals surface area contributed by atoms with Crippen LogP contribution in [-0.2, 0) is 9.53 Å². The highest BCUT2D eigenvalue weighted by Gasteiger charge is 2.19. The van der Waals surface area contributed by atoms with Crippen LogP contribution in [0.2, 0.25) is 0 Å². The fourth-order valence-electron chi connectivity index (χ4n) is 3.53. The molecule has 0 aromatic heterocycles. The number of ether oxygens (including phenoxy) is 1. The van der Waals surface area contributed by atoms with Gasteiger partial charge >= 0.3 is 0 Å². The molecule has 0 unspecified atom stereocenters. The van der Waals surface area contributed by atoms with Gasteiger partial charge in [-0.3, -0.25) is 9.79 Å². The second-order valence-corrected chi connectivity index (χ2v) is 6.93. The maximum atomic E-state index is 11.6. The minimum Gasteiger partial charge on any atom is -0.394 e. The monoisotopic (exact) mass is 354 g/mol. The smallest absolute Gasteiger partial charge is 0.219 e. The molecule has 25 heavy (non-hydrogen) atoms. The third-order valence-corrected chi connectivity index (χ3v) is 4.96. The quantitative estimate of drug-likeness (QED) is 0.399. The van der Waals surface area contributed by atoms with E-state index in [1.54, 1.807) is 6.92 Å². The van der Waals surface area contributed by atoms with Gasteiger partial charge in [-0.15, -0.1) is 0 Å². The number of aliphatic imine (C=N–C) groups is 1. The van der Waals surface area contributed by atoms with Crippen LogP contribution in [0, 0.1) is 5.92 Å². The first kappa shape index (κ1) is 20.0. The summed E-state index contributed by atoms with van der Waals surface area (Å²) in [6.45, 7) is 7.43. The van der Waals surface area contributed by atoms with Crippen LogP contribution >= 0.6 is 0 Å². The van der Waals surface area contributed by atoms with E-state index in [-0.39, 0.29) is 12.5 Å². The fraction of sp³-hybridized carbons (Fsp3) is 0.889. The fourth-order valence-corrected chi connectivity index (χ4v) is 3.53. The second-order valence-electron chi connectivity index (χ2n) is 6.93. The third kappa shape index (κ3) is 7.20. The maximum absolute atomic E-state index is 11.6. The summed E-state index contributed by atoms with van der Waals surface area (Å²) >= 11 is 0. The van der Waals surface area contributed by atoms with Gasteiger partial charge < -0.3 is 25.0 Å². The van der Waals surface area contributed by atoms with Crippen LogP contribution in [-0.4, -0.2) is 85.9 Å². The standard InChI is InChI=1S/C18H34N4O3/c1-16(24)21-9-4-10-22(12-11-21)18(19-7-13-23)20-8-14-25-15-17-5-2-3-6-17/h17,23H,2-15H2,1H3,(H,19,20). The summed E-state index contributed by atoms with van der Waals surface area (Å²) in [6.07, 6.45) is 6.22. The van der Waals surface area contributed by atoms with E-state index in [9.17, 15) is 4.79 Å². The van der Waals surface area contributed by atoms with Crippen molar-refractivity contribution in [3.05, 3.63) is 0 Å². The van der Waals surface area contributed by atoms with E-state index >= 15 is 0 Å². The van der Waals surface area contributed by atoms with Crippen molar-refractivity contribution in [1.29, 1.82) is 0 Å². The normalized spacial score (nSPS) is 20.0. The highest BCUT2D eigenvalue weighted by molar-refractivity contribution is 5.80. The highest BCUT2D eigenvalue weighted by atomic mass is 16.5. The average Bonchev–Trinajstić information content (AvgIpc) is 2.99. The molecule has 0 radical (unpaired) electrons. The van der Waals surface area contributed by atoms with Crippen molar-refractivity contribution >= 4 is 11.9 Å². The molecule has 1 heterocycles. The van der Waals surface area contributed by atoms with Crippen LogP contribution in [0.1, 0.15) is 39.0 Å². The number of rotatable bonds is 7. The summed E-state index contributed by atoms with van der Waals surface area (Å²) in [4.78, 5) is 20.1. The van der Waals surface area contributed by atoms with Crippen molar-refractivity contribution in [1.82, 2.24) is 15.1 Å². The van der Waals surface area contributed by atoms with Gasteiger partial charge in [0.1, 0.15) is 0 Å². The molecule has 2 rings (SSSR count). The Balaban J connectivity index is 1.74. The molecule has 1 aliphatic heterocycles. The van der Waals surface area contributed by atoms with Gasteiger partial charge in [-0.2, -0.15) is 0 Å². The molecule has 1 amide bonds. The van der Waals surface area contributed by atoms with Gasteiger partial charge in [0.2, 0.25) is 5.91 Å². The van der Waals surface area contributed by atoms with Gasteiger partial charge in [0.05, 0.1) is 19.8 Å². The van der Waals surface area contributed by atoms with Crippen molar-refractivity contribution in [2.75, 3.05) is 59.1 Å². The maximum Gasteiger partial charge on any atom is 0.219 e. The number of aliphatic hydroxyl groups is 1. The Hall–Kier alpha value is -1.34. The Bertz CT molecular complexity index is 425. The number of carbonyl (C=O) groups is 1. The van der Waals surface area contributed by atoms with Gasteiger partial charge in [-0.05, 0) is 25.2 Å². The zero-order valence-corrected chi connectivity index (χ0v) is 15.6. The van der Waals surface area contributed by atoms with Gasteiger partial charge in [0, 0.05) is 46.3 Å². The number of nitrogens with zero attached hydrogens (tertiary/aromatic N) is 3. The summed E-state index contributed by atoms with van der Waals surface area (Å²) in [6, 6.07) is 0. The Morgan fingerprint density at radius 1 is 1.16 bits per heavy atom. The van der Waals surface area contributed by atoms with E-state index in [2.05, 4.69) is 15.2 Å². The Labute approximate surface area is 151 Å². The van der Waals surface area contributed by atoms with Crippen molar-refractivity contribution in [2.24, 2.45) is 10.9 Å². The highest BCUT2D eigenvalue weighted by Crippen LogP contribution is 2.24. The Morgan fingerprint density at radius 3 is 2.60 bits per heavy atom. The minimum atomic E-state index is 0.0385. The van der Waals surface area contributed by atoms with Crippen LogP contribution in [0.4, 0.5) is 0 Å². The van der Waals surface area contributed by atoms with E-state index < -0.39 is 0 Å². The van der Waals surface area contributed by atoms with Gasteiger partial charge in [-0.1, -0.05) is 12.8 Å². The van der Waals surface area contributed by atoms with Crippen molar-refractivity contribution in [3.8, 4) is 0 Å². The third-order valence-electron chi connectivity index (χ3n) is 4.96. The molecule has 0 aromatic carbocycles. The van der Waals surface area contributed by atoms with Gasteiger partial charge in [0.25, 0.3) is 0 Å². The molecule has 1 aliphatic carbocycles. The van der Waals surface area contributed by atoms with E-state index in [4.69, 9.17) is 9.84 Å². The summed E-state index contributed by atoms with van der Waals surface area (Å²) in [5.41, 5.74) is 0. The Kier molecular flexibility index (Phi) is 9.04. The molecule has 1 saturated carbocycles. The molecule has 2 fully saturated rings. The molecule has 2 aliphatic rings. The molecule has 1 saturated heterocycles. The molecule has 7 heteroatoms. The lowest BCUT2D eigenvalue weighted by Gasteiger charge is -2.25. The first-order valence-electron chi connectivity index (χ1n) is 9.68. The van der Waals surface area contributed by atoms with Gasteiger partial charge in [0.15, 0.2) is 5.96 Å². The zero-order valence-electron chi connectivity index (χ0n) is 15.6. The molecule has 2 N–H and O–H groups in total. The molecule has 0 aromatic rings. The summed E-state index contributed by atoms with van der Waals surface area (Å²) in [7, 11) is 0. The van der Waals surface area contributed by atoms with Crippen LogP contribution in [0.5, 0.6) is 0 Å². The Morgan fingerprint density at radius 2 is 1.88 bits per heavy atom. The number of amides is 1. The topological polar surface area (TPSA) is 77.4 Å². The van der Waals surface area contributed by atoms with E-state index in [1.165, 1.54) is 25.7 Å². The number of hydrogen-bond donors (Lipinski definition) is 2. The van der Waals surface area contributed by atoms with Crippen molar-refractivity contribution in [2.45, 2.75) is 39.0 Å². The lowest BCUT2D eigenvalue weighted by atomic mass is 10.1. The van der Waals surface area contributed by atoms with Crippen molar-refractivity contribution < 1.29 is 14.6 Å². The van der Waals surface area contributed by atoms with Crippen molar-refractivity contribution in [3.63, 3.8) is 0 Å². The minimum absolute atomic E-state index is 0.0385. The largest absolute Gasteiger partial charge is 0.394 e. The summed E-state index contributed by atoms with van der Waals surface area (Å²) in [5.74, 6) is 1.68. The molecule has 0 atom stereocenters. The second kappa shape index (κ2) is 11.3. The van der Waals surface area contributed by atoms with Crippen LogP contribution in [0.25, 0.3) is 0 Å². The lowest BCUT2D eigenvalue weighted by molar-refractivity contribution is -0.128. The predicted octanol–water partition coefficient (Wildman–Crippen LogP) is 0.685. The molecule has 144 valence electrons. The SMILES string of the molecule is CC(=O)N1CCCN(C(=NCCO)NCCOCC2CCCC2)CC1. The first-order valence-corrected chi connectivity index (χ1v) is 9.68. The molecule has 7 nitrogen and oxygen atoms in total. The number of aliphatic hydroxyl groups excluding tert-OH is 1. The number of nitrogens with one attached hydrogen (secondary N) is 1. The van der Waals surface area contributed by atoms with E-state index in [0.717, 1.165) is 44.5 Å². The van der Waals surface area contributed by atoms with E-state index in [1.807, 2.05) is 4.90 Å². The average molecular weight is 354 g/mol. The van der Waals surface area contributed by atoms with E-state index in [0.29, 0.717) is 26.2 Å². The zero-order chi connectivity index (χ0) is 17.9. The first-order chi connectivity index (χ1) is 12.2. The molecular weight excluding hydrogens is 320 g/mol. The van der Waals surface area contributed by atoms with Gasteiger partial charge in [-0.25, -0.2) is 0 Å².